The summed E-state index contributed by atoms with van der Waals surface area (Å²) in [6.07, 6.45) is 0.782. The predicted molar refractivity (Wildman–Crippen MR) is 69.6 cm³/mol. The second kappa shape index (κ2) is 5.36. The van der Waals surface area contributed by atoms with Gasteiger partial charge in [0.15, 0.2) is 11.5 Å². The summed E-state index contributed by atoms with van der Waals surface area (Å²) in [5.74, 6) is 1.89. The Hall–Kier alpha value is -2.29. The molecule has 0 saturated heterocycles. The van der Waals surface area contributed by atoms with Gasteiger partial charge in [-0.3, -0.25) is 4.79 Å². The van der Waals surface area contributed by atoms with Gasteiger partial charge in [0.25, 0.3) is 0 Å². The van der Waals surface area contributed by atoms with E-state index in [0.717, 1.165) is 17.6 Å². The molecule has 0 aliphatic carbocycles. The van der Waals surface area contributed by atoms with Gasteiger partial charge in [0.05, 0.1) is 7.11 Å². The quantitative estimate of drug-likeness (QED) is 0.768. The zero-order valence-corrected chi connectivity index (χ0v) is 10.3. The molecule has 0 N–H and O–H groups in total. The Bertz CT molecular complexity index is 561. The van der Waals surface area contributed by atoms with Gasteiger partial charge in [0.1, 0.15) is 12.0 Å². The number of hydrogen-bond acceptors (Lipinski definition) is 3. The minimum absolute atomic E-state index is 0.538. The molecule has 0 atom stereocenters. The number of aryl methyl sites for hydroxylation is 1. The maximum Gasteiger partial charge on any atom is 0.169 e. The van der Waals surface area contributed by atoms with E-state index in [1.54, 1.807) is 25.3 Å². The van der Waals surface area contributed by atoms with Gasteiger partial charge in [0.2, 0.25) is 0 Å². The summed E-state index contributed by atoms with van der Waals surface area (Å²) >= 11 is 0. The van der Waals surface area contributed by atoms with E-state index in [1.807, 2.05) is 31.2 Å². The fourth-order valence-electron chi connectivity index (χ4n) is 1.64. The van der Waals surface area contributed by atoms with E-state index in [0.29, 0.717) is 17.1 Å². The molecule has 18 heavy (non-hydrogen) atoms. The Kier molecular flexibility index (Phi) is 3.63. The average Bonchev–Trinajstić information content (AvgIpc) is 2.41. The van der Waals surface area contributed by atoms with E-state index in [2.05, 4.69) is 0 Å². The largest absolute Gasteiger partial charge is 0.493 e. The van der Waals surface area contributed by atoms with E-state index >= 15 is 0 Å². The van der Waals surface area contributed by atoms with Crippen LogP contribution in [0.25, 0.3) is 0 Å². The highest BCUT2D eigenvalue weighted by Gasteiger charge is 2.08. The zero-order valence-electron chi connectivity index (χ0n) is 10.3. The molecule has 0 spiro atoms. The molecule has 0 aliphatic rings. The highest BCUT2D eigenvalue weighted by Crippen LogP contribution is 2.33. The van der Waals surface area contributed by atoms with Gasteiger partial charge < -0.3 is 9.47 Å². The van der Waals surface area contributed by atoms with Crippen molar-refractivity contribution in [2.24, 2.45) is 0 Å². The van der Waals surface area contributed by atoms with Crippen molar-refractivity contribution in [3.63, 3.8) is 0 Å². The third-order valence-electron chi connectivity index (χ3n) is 2.64. The van der Waals surface area contributed by atoms with Gasteiger partial charge in [-0.05, 0) is 36.8 Å². The number of ether oxygens (including phenoxy) is 2. The third-order valence-corrected chi connectivity index (χ3v) is 2.64. The van der Waals surface area contributed by atoms with Crippen molar-refractivity contribution in [3.8, 4) is 17.2 Å². The number of rotatable bonds is 4. The van der Waals surface area contributed by atoms with E-state index < -0.39 is 0 Å². The molecule has 0 unspecified atom stereocenters. The van der Waals surface area contributed by atoms with Crippen LogP contribution in [0.2, 0.25) is 0 Å². The minimum Gasteiger partial charge on any atom is -0.493 e. The molecule has 92 valence electrons. The van der Waals surface area contributed by atoms with Crippen molar-refractivity contribution in [1.82, 2.24) is 0 Å². The fraction of sp³-hybridized carbons (Fsp3) is 0.133. The maximum atomic E-state index is 10.8. The lowest BCUT2D eigenvalue weighted by Crippen LogP contribution is -1.93. The van der Waals surface area contributed by atoms with Crippen molar-refractivity contribution in [2.45, 2.75) is 6.92 Å². The summed E-state index contributed by atoms with van der Waals surface area (Å²) in [5.41, 5.74) is 1.58. The molecule has 3 heteroatoms. The SMILES string of the molecule is COc1ccc(C=O)cc1Oc1ccccc1C. The Morgan fingerprint density at radius 1 is 1.00 bits per heavy atom. The predicted octanol–water partition coefficient (Wildman–Crippen LogP) is 3.61. The third kappa shape index (κ3) is 2.51. The molecule has 0 aliphatic heterocycles. The Morgan fingerprint density at radius 2 is 1.78 bits per heavy atom. The van der Waals surface area contributed by atoms with Gasteiger partial charge in [-0.15, -0.1) is 0 Å². The highest BCUT2D eigenvalue weighted by atomic mass is 16.5. The van der Waals surface area contributed by atoms with Crippen molar-refractivity contribution < 1.29 is 14.3 Å². The number of aldehydes is 1. The number of carbonyl (C=O) groups excluding carboxylic acids is 1. The second-order valence-electron chi connectivity index (χ2n) is 3.90. The van der Waals surface area contributed by atoms with E-state index in [9.17, 15) is 4.79 Å². The average molecular weight is 242 g/mol. The molecule has 0 fully saturated rings. The maximum absolute atomic E-state index is 10.8. The Labute approximate surface area is 106 Å². The smallest absolute Gasteiger partial charge is 0.169 e. The topological polar surface area (TPSA) is 35.5 Å². The monoisotopic (exact) mass is 242 g/mol. The lowest BCUT2D eigenvalue weighted by molar-refractivity contribution is 0.112. The number of carbonyl (C=O) groups is 1. The number of benzene rings is 2. The molecule has 0 aromatic heterocycles. The minimum atomic E-state index is 0.538. The molecule has 2 rings (SSSR count). The summed E-state index contributed by atoms with van der Waals surface area (Å²) in [6.45, 7) is 1.96. The van der Waals surface area contributed by atoms with Crippen molar-refractivity contribution in [1.29, 1.82) is 0 Å². The Morgan fingerprint density at radius 3 is 2.44 bits per heavy atom. The molecule has 0 amide bonds. The molecule has 2 aromatic rings. The molecule has 3 nitrogen and oxygen atoms in total. The Balaban J connectivity index is 2.38. The summed E-state index contributed by atoms with van der Waals surface area (Å²) in [5, 5.41) is 0. The summed E-state index contributed by atoms with van der Waals surface area (Å²) in [6, 6.07) is 12.8. The van der Waals surface area contributed by atoms with Crippen molar-refractivity contribution in [2.75, 3.05) is 7.11 Å². The van der Waals surface area contributed by atoms with E-state index in [4.69, 9.17) is 9.47 Å². The van der Waals surface area contributed by atoms with Crippen molar-refractivity contribution >= 4 is 6.29 Å². The highest BCUT2D eigenvalue weighted by molar-refractivity contribution is 5.76. The first-order valence-electron chi connectivity index (χ1n) is 5.61. The van der Waals surface area contributed by atoms with Gasteiger partial charge in [-0.25, -0.2) is 0 Å². The van der Waals surface area contributed by atoms with Crippen LogP contribution in [0, 0.1) is 6.92 Å². The summed E-state index contributed by atoms with van der Waals surface area (Å²) < 4.78 is 11.0. The standard InChI is InChI=1S/C15H14O3/c1-11-5-3-4-6-13(11)18-15-9-12(10-16)7-8-14(15)17-2/h3-10H,1-2H3. The van der Waals surface area contributed by atoms with Crippen LogP contribution < -0.4 is 9.47 Å². The van der Waals surface area contributed by atoms with Gasteiger partial charge >= 0.3 is 0 Å². The molecule has 0 bridgehead atoms. The van der Waals surface area contributed by atoms with E-state index in [1.165, 1.54) is 0 Å². The van der Waals surface area contributed by atoms with Crippen LogP contribution >= 0.6 is 0 Å². The number of para-hydroxylation sites is 1. The van der Waals surface area contributed by atoms with Crippen LogP contribution in [0.1, 0.15) is 15.9 Å². The lowest BCUT2D eigenvalue weighted by Gasteiger charge is -2.12. The lowest BCUT2D eigenvalue weighted by atomic mass is 10.2. The van der Waals surface area contributed by atoms with Crippen LogP contribution in [0.4, 0.5) is 0 Å². The van der Waals surface area contributed by atoms with Gasteiger partial charge in [-0.1, -0.05) is 18.2 Å². The van der Waals surface area contributed by atoms with Gasteiger partial charge in [-0.2, -0.15) is 0 Å². The van der Waals surface area contributed by atoms with Crippen LogP contribution in [-0.4, -0.2) is 13.4 Å². The molecule has 0 heterocycles. The first kappa shape index (κ1) is 12.2. The molecule has 0 radical (unpaired) electrons. The summed E-state index contributed by atoms with van der Waals surface area (Å²) in [7, 11) is 1.57. The van der Waals surface area contributed by atoms with Crippen LogP contribution in [0.5, 0.6) is 17.2 Å². The molecule has 2 aromatic carbocycles. The first-order valence-corrected chi connectivity index (χ1v) is 5.61. The van der Waals surface area contributed by atoms with Crippen molar-refractivity contribution in [3.05, 3.63) is 53.6 Å². The fourth-order valence-corrected chi connectivity index (χ4v) is 1.64. The number of methoxy groups -OCH3 is 1. The first-order chi connectivity index (χ1) is 8.74. The van der Waals surface area contributed by atoms with E-state index in [-0.39, 0.29) is 0 Å². The molecule has 0 saturated carbocycles. The molecular formula is C15H14O3. The van der Waals surface area contributed by atoms with Crippen LogP contribution in [0.15, 0.2) is 42.5 Å². The van der Waals surface area contributed by atoms with Gasteiger partial charge in [0, 0.05) is 5.56 Å². The molecular weight excluding hydrogens is 228 g/mol. The van der Waals surface area contributed by atoms with Crippen LogP contribution in [-0.2, 0) is 0 Å². The summed E-state index contributed by atoms with van der Waals surface area (Å²) in [4.78, 5) is 10.8. The normalized spacial score (nSPS) is 9.89. The number of hydrogen-bond donors (Lipinski definition) is 0. The second-order valence-corrected chi connectivity index (χ2v) is 3.90. The zero-order chi connectivity index (χ0) is 13.0. The van der Waals surface area contributed by atoms with Crippen LogP contribution in [0.3, 0.4) is 0 Å².